The zero-order valence-electron chi connectivity index (χ0n) is 12.0. The van der Waals surface area contributed by atoms with Crippen molar-refractivity contribution in [3.63, 3.8) is 0 Å². The summed E-state index contributed by atoms with van der Waals surface area (Å²) in [5.41, 5.74) is 1.25. The maximum Gasteiger partial charge on any atom is 0.0732 e. The van der Waals surface area contributed by atoms with Crippen LogP contribution in [0.3, 0.4) is 0 Å². The molecule has 1 aliphatic carbocycles. The van der Waals surface area contributed by atoms with Crippen LogP contribution in [0.15, 0.2) is 35.4 Å². The van der Waals surface area contributed by atoms with Crippen molar-refractivity contribution in [2.75, 3.05) is 12.3 Å². The first-order chi connectivity index (χ1) is 9.92. The molecule has 2 nitrogen and oxygen atoms in total. The molecule has 0 spiro atoms. The molecule has 3 rings (SSSR count). The average molecular weight is 288 g/mol. The summed E-state index contributed by atoms with van der Waals surface area (Å²) >= 11 is 1.94. The van der Waals surface area contributed by atoms with Crippen LogP contribution < -0.4 is 5.32 Å². The maximum atomic E-state index is 3.71. The quantitative estimate of drug-likeness (QED) is 0.602. The summed E-state index contributed by atoms with van der Waals surface area (Å²) < 4.78 is 0. The number of rotatable bonds is 6. The van der Waals surface area contributed by atoms with Crippen LogP contribution in [0.5, 0.6) is 0 Å². The van der Waals surface area contributed by atoms with Gasteiger partial charge in [0.05, 0.1) is 5.03 Å². The Morgan fingerprint density at radius 3 is 2.85 bits per heavy atom. The van der Waals surface area contributed by atoms with E-state index >= 15 is 0 Å². The van der Waals surface area contributed by atoms with Crippen LogP contribution in [0, 0.1) is 0 Å². The van der Waals surface area contributed by atoms with Crippen molar-refractivity contribution < 1.29 is 0 Å². The van der Waals surface area contributed by atoms with Crippen molar-refractivity contribution in [3.8, 4) is 0 Å². The van der Waals surface area contributed by atoms with Gasteiger partial charge in [-0.2, -0.15) is 0 Å². The summed E-state index contributed by atoms with van der Waals surface area (Å²) in [5, 5.41) is 6.32. The van der Waals surface area contributed by atoms with Crippen molar-refractivity contribution in [2.24, 2.45) is 0 Å². The molecule has 0 saturated heterocycles. The zero-order chi connectivity index (χ0) is 13.6. The minimum absolute atomic E-state index is 0.793. The zero-order valence-corrected chi connectivity index (χ0v) is 12.8. The summed E-state index contributed by atoms with van der Waals surface area (Å²) in [6.45, 7) is 1.16. The van der Waals surface area contributed by atoms with Crippen LogP contribution in [0.25, 0.3) is 10.9 Å². The van der Waals surface area contributed by atoms with Crippen LogP contribution in [-0.4, -0.2) is 23.3 Å². The highest BCUT2D eigenvalue weighted by Crippen LogP contribution is 2.23. The van der Waals surface area contributed by atoms with Crippen molar-refractivity contribution in [3.05, 3.63) is 30.3 Å². The van der Waals surface area contributed by atoms with E-state index in [1.165, 1.54) is 60.2 Å². The van der Waals surface area contributed by atoms with Crippen LogP contribution in [-0.2, 0) is 0 Å². The van der Waals surface area contributed by atoms with Gasteiger partial charge in [-0.15, -0.1) is 11.8 Å². The van der Waals surface area contributed by atoms with E-state index in [4.69, 9.17) is 0 Å². The van der Waals surface area contributed by atoms with E-state index < -0.39 is 0 Å². The van der Waals surface area contributed by atoms with E-state index in [0.29, 0.717) is 0 Å². The summed E-state index contributed by atoms with van der Waals surface area (Å²) in [6, 6.07) is 11.5. The monoisotopic (exact) mass is 288 g/mol. The summed E-state index contributed by atoms with van der Waals surface area (Å²) in [5.74, 6) is 1.19. The largest absolute Gasteiger partial charge is 0.350 e. The van der Waals surface area contributed by atoms with Crippen molar-refractivity contribution >= 4 is 22.7 Å². The Hall–Kier alpha value is -0.930. The van der Waals surface area contributed by atoms with Crippen LogP contribution in [0.4, 0.5) is 0 Å². The fraction of sp³-hybridized carbons (Fsp3) is 0.529. The third kappa shape index (κ3) is 3.80. The molecule has 0 atom stereocenters. The Kier molecular flexibility index (Phi) is 5.04. The number of H-pyrrole nitrogens is 1. The topological polar surface area (TPSA) is 27.8 Å². The highest BCUT2D eigenvalue weighted by Gasteiger charge is 2.11. The first-order valence-electron chi connectivity index (χ1n) is 7.86. The SMILES string of the molecule is c1ccc2[nH]c(SCCCNC3CCCCC3)cc2c1. The van der Waals surface area contributed by atoms with E-state index in [1.807, 2.05) is 11.8 Å². The lowest BCUT2D eigenvalue weighted by molar-refractivity contribution is 0.375. The Morgan fingerprint density at radius 2 is 2.00 bits per heavy atom. The molecule has 1 saturated carbocycles. The molecule has 108 valence electrons. The molecule has 0 radical (unpaired) electrons. The Morgan fingerprint density at radius 1 is 1.15 bits per heavy atom. The predicted octanol–water partition coefficient (Wildman–Crippen LogP) is 4.57. The molecule has 2 aromatic rings. The van der Waals surface area contributed by atoms with Crippen molar-refractivity contribution in [1.82, 2.24) is 10.3 Å². The Bertz CT molecular complexity index is 496. The van der Waals surface area contributed by atoms with E-state index in [2.05, 4.69) is 40.6 Å². The van der Waals surface area contributed by atoms with Gasteiger partial charge in [0.15, 0.2) is 0 Å². The second kappa shape index (κ2) is 7.19. The van der Waals surface area contributed by atoms with Crippen molar-refractivity contribution in [2.45, 2.75) is 49.6 Å². The summed E-state index contributed by atoms with van der Waals surface area (Å²) in [6.07, 6.45) is 8.29. The first kappa shape index (κ1) is 14.0. The van der Waals surface area contributed by atoms with E-state index in [1.54, 1.807) is 0 Å². The van der Waals surface area contributed by atoms with Gasteiger partial charge in [0.1, 0.15) is 0 Å². The smallest absolute Gasteiger partial charge is 0.0732 e. The van der Waals surface area contributed by atoms with Gasteiger partial charge in [-0.25, -0.2) is 0 Å². The lowest BCUT2D eigenvalue weighted by atomic mass is 9.95. The Labute approximate surface area is 125 Å². The maximum absolute atomic E-state index is 3.71. The predicted molar refractivity (Wildman–Crippen MR) is 88.5 cm³/mol. The van der Waals surface area contributed by atoms with Gasteiger partial charge in [-0.05, 0) is 37.9 Å². The van der Waals surface area contributed by atoms with Crippen molar-refractivity contribution in [1.29, 1.82) is 0 Å². The van der Waals surface area contributed by atoms with Gasteiger partial charge in [0.2, 0.25) is 0 Å². The number of hydrogen-bond acceptors (Lipinski definition) is 2. The Balaban J connectivity index is 1.37. The summed E-state index contributed by atoms with van der Waals surface area (Å²) in [7, 11) is 0. The van der Waals surface area contributed by atoms with Crippen LogP contribution >= 0.6 is 11.8 Å². The number of aromatic nitrogens is 1. The molecule has 1 aliphatic rings. The molecule has 1 aromatic heterocycles. The third-order valence-electron chi connectivity index (χ3n) is 4.12. The first-order valence-corrected chi connectivity index (χ1v) is 8.84. The molecule has 1 heterocycles. The van der Waals surface area contributed by atoms with Crippen LogP contribution in [0.2, 0.25) is 0 Å². The minimum Gasteiger partial charge on any atom is -0.350 e. The number of aromatic amines is 1. The summed E-state index contributed by atoms with van der Waals surface area (Å²) in [4.78, 5) is 3.48. The number of benzene rings is 1. The van der Waals surface area contributed by atoms with Gasteiger partial charge in [0, 0.05) is 22.7 Å². The van der Waals surface area contributed by atoms with Gasteiger partial charge < -0.3 is 10.3 Å². The molecule has 0 unspecified atom stereocenters. The molecular weight excluding hydrogens is 264 g/mol. The molecular formula is C17H24N2S. The van der Waals surface area contributed by atoms with Gasteiger partial charge >= 0.3 is 0 Å². The normalized spacial score (nSPS) is 16.8. The number of hydrogen-bond donors (Lipinski definition) is 2. The van der Waals surface area contributed by atoms with Gasteiger partial charge in [-0.1, -0.05) is 37.5 Å². The molecule has 20 heavy (non-hydrogen) atoms. The van der Waals surface area contributed by atoms with E-state index in [9.17, 15) is 0 Å². The highest BCUT2D eigenvalue weighted by molar-refractivity contribution is 7.99. The second-order valence-corrected chi connectivity index (χ2v) is 6.85. The highest BCUT2D eigenvalue weighted by atomic mass is 32.2. The molecule has 1 fully saturated rings. The lowest BCUT2D eigenvalue weighted by Gasteiger charge is -2.22. The fourth-order valence-electron chi connectivity index (χ4n) is 2.99. The number of thioether (sulfide) groups is 1. The number of nitrogens with one attached hydrogen (secondary N) is 2. The molecule has 2 N–H and O–H groups in total. The lowest BCUT2D eigenvalue weighted by Crippen LogP contribution is -2.31. The van der Waals surface area contributed by atoms with E-state index in [-0.39, 0.29) is 0 Å². The molecule has 0 aliphatic heterocycles. The number of fused-ring (bicyclic) bond motifs is 1. The van der Waals surface area contributed by atoms with Gasteiger partial charge in [0.25, 0.3) is 0 Å². The standard InChI is InChI=1S/C17H24N2S/c1-2-8-15(9-3-1)18-11-6-12-20-17-13-14-7-4-5-10-16(14)19-17/h4-5,7,10,13,15,18-19H,1-3,6,8-9,11-12H2. The molecule has 0 amide bonds. The minimum atomic E-state index is 0.793. The molecule has 1 aromatic carbocycles. The fourth-order valence-corrected chi connectivity index (χ4v) is 3.89. The average Bonchev–Trinajstić information content (AvgIpc) is 2.90. The van der Waals surface area contributed by atoms with E-state index in [0.717, 1.165) is 12.6 Å². The molecule has 3 heteroatoms. The second-order valence-electron chi connectivity index (χ2n) is 5.71. The van der Waals surface area contributed by atoms with Crippen LogP contribution in [0.1, 0.15) is 38.5 Å². The number of para-hydroxylation sites is 1. The molecule has 0 bridgehead atoms. The third-order valence-corrected chi connectivity index (χ3v) is 5.15. The van der Waals surface area contributed by atoms with Gasteiger partial charge in [-0.3, -0.25) is 0 Å².